The Labute approximate surface area is 229 Å². The monoisotopic (exact) mass is 534 g/mol. The molecule has 1 heterocycles. The number of carbonyl (C=O) groups excluding carboxylic acids is 2. The fourth-order valence-corrected chi connectivity index (χ4v) is 5.73. The van der Waals surface area contributed by atoms with Crippen LogP contribution >= 0.6 is 0 Å². The highest BCUT2D eigenvalue weighted by molar-refractivity contribution is 6.02. The van der Waals surface area contributed by atoms with Gasteiger partial charge in [0.05, 0.1) is 5.56 Å². The molecule has 4 rings (SSSR count). The number of likely N-dealkylation sites (tertiary alicyclic amines) is 1. The number of carbonyl (C=O) groups is 2. The molecule has 3 atom stereocenters. The molecule has 1 N–H and O–H groups in total. The summed E-state index contributed by atoms with van der Waals surface area (Å²) in [7, 11) is 4.03. The summed E-state index contributed by atoms with van der Waals surface area (Å²) in [6.45, 7) is 3.95. The second-order valence-electron chi connectivity index (χ2n) is 10.7. The normalized spacial score (nSPS) is 19.8. The van der Waals surface area contributed by atoms with Gasteiger partial charge in [0, 0.05) is 36.4 Å². The minimum Gasteiger partial charge on any atom is -0.508 e. The van der Waals surface area contributed by atoms with Gasteiger partial charge in [0.2, 0.25) is 0 Å². The maximum atomic E-state index is 14.9. The van der Waals surface area contributed by atoms with Gasteiger partial charge in [0.15, 0.2) is 11.6 Å². The molecule has 3 aromatic rings. The van der Waals surface area contributed by atoms with E-state index in [1.807, 2.05) is 14.1 Å². The number of piperidine rings is 1. The van der Waals surface area contributed by atoms with Crippen molar-refractivity contribution in [2.45, 2.75) is 25.7 Å². The van der Waals surface area contributed by atoms with Crippen LogP contribution < -0.4 is 0 Å². The van der Waals surface area contributed by atoms with Crippen LogP contribution in [0.4, 0.5) is 8.78 Å². The summed E-state index contributed by atoms with van der Waals surface area (Å²) in [6.07, 6.45) is 1.82. The molecular formula is C32H36F2N2O3. The molecule has 1 fully saturated rings. The summed E-state index contributed by atoms with van der Waals surface area (Å²) in [4.78, 5) is 32.3. The number of benzene rings is 3. The molecule has 0 aromatic heterocycles. The number of nitrogens with zero attached hydrogens (tertiary/aromatic N) is 2. The zero-order chi connectivity index (χ0) is 28.1. The first-order chi connectivity index (χ1) is 18.7. The molecule has 5 nitrogen and oxygen atoms in total. The van der Waals surface area contributed by atoms with Gasteiger partial charge in [-0.3, -0.25) is 9.59 Å². The lowest BCUT2D eigenvalue weighted by atomic mass is 9.67. The summed E-state index contributed by atoms with van der Waals surface area (Å²) in [5.41, 5.74) is 1.25. The van der Waals surface area contributed by atoms with Crippen molar-refractivity contribution in [3.8, 4) is 5.75 Å². The third-order valence-electron chi connectivity index (χ3n) is 7.72. The number of ketones is 2. The van der Waals surface area contributed by atoms with E-state index < -0.39 is 35.2 Å². The molecule has 1 aliphatic heterocycles. The van der Waals surface area contributed by atoms with Crippen LogP contribution in [0.5, 0.6) is 5.75 Å². The van der Waals surface area contributed by atoms with Crippen LogP contribution in [0.3, 0.4) is 0 Å². The zero-order valence-corrected chi connectivity index (χ0v) is 22.7. The Balaban J connectivity index is 1.80. The fourth-order valence-electron chi connectivity index (χ4n) is 5.73. The second kappa shape index (κ2) is 12.6. The van der Waals surface area contributed by atoms with Crippen molar-refractivity contribution in [1.82, 2.24) is 9.80 Å². The Bertz CT molecular complexity index is 1330. The summed E-state index contributed by atoms with van der Waals surface area (Å²) in [5.74, 6) is -3.82. The van der Waals surface area contributed by atoms with Crippen LogP contribution in [-0.4, -0.2) is 66.7 Å². The Morgan fingerprint density at radius 1 is 0.897 bits per heavy atom. The first kappa shape index (κ1) is 28.6. The molecule has 206 valence electrons. The van der Waals surface area contributed by atoms with E-state index in [1.165, 1.54) is 36.4 Å². The predicted octanol–water partition coefficient (Wildman–Crippen LogP) is 5.72. The predicted molar refractivity (Wildman–Crippen MR) is 148 cm³/mol. The molecule has 0 aliphatic carbocycles. The lowest BCUT2D eigenvalue weighted by Gasteiger charge is -2.43. The minimum atomic E-state index is -0.767. The van der Waals surface area contributed by atoms with Crippen LogP contribution in [0.1, 0.15) is 50.6 Å². The van der Waals surface area contributed by atoms with Gasteiger partial charge in [-0.25, -0.2) is 8.78 Å². The minimum absolute atomic E-state index is 0.0282. The topological polar surface area (TPSA) is 60.9 Å². The summed E-state index contributed by atoms with van der Waals surface area (Å²) in [5, 5.41) is 10.1. The molecule has 39 heavy (non-hydrogen) atoms. The number of hydrogen-bond acceptors (Lipinski definition) is 5. The largest absolute Gasteiger partial charge is 0.508 e. The van der Waals surface area contributed by atoms with Crippen molar-refractivity contribution in [3.63, 3.8) is 0 Å². The van der Waals surface area contributed by atoms with Gasteiger partial charge in [-0.05, 0) is 88.4 Å². The summed E-state index contributed by atoms with van der Waals surface area (Å²) in [6, 6.07) is 16.8. The molecule has 7 heteroatoms. The lowest BCUT2D eigenvalue weighted by molar-refractivity contribution is 0.0565. The van der Waals surface area contributed by atoms with Crippen molar-refractivity contribution in [1.29, 1.82) is 0 Å². The van der Waals surface area contributed by atoms with Crippen LogP contribution in [-0.2, 0) is 0 Å². The fraction of sp³-hybridized carbons (Fsp3) is 0.375. The van der Waals surface area contributed by atoms with Crippen LogP contribution in [0.15, 0.2) is 66.7 Å². The van der Waals surface area contributed by atoms with Gasteiger partial charge in [-0.1, -0.05) is 36.4 Å². The Morgan fingerprint density at radius 2 is 1.56 bits per heavy atom. The van der Waals surface area contributed by atoms with Crippen molar-refractivity contribution >= 4 is 11.6 Å². The number of rotatable bonds is 10. The number of aromatic hydroxyl groups is 1. The zero-order valence-electron chi connectivity index (χ0n) is 22.7. The Hall–Kier alpha value is -3.42. The van der Waals surface area contributed by atoms with E-state index in [2.05, 4.69) is 9.80 Å². The van der Waals surface area contributed by atoms with Gasteiger partial charge in [-0.2, -0.15) is 0 Å². The van der Waals surface area contributed by atoms with Crippen molar-refractivity contribution in [2.24, 2.45) is 11.8 Å². The molecule has 0 bridgehead atoms. The van der Waals surface area contributed by atoms with Gasteiger partial charge in [0.1, 0.15) is 17.4 Å². The van der Waals surface area contributed by atoms with Crippen molar-refractivity contribution in [3.05, 3.63) is 101 Å². The highest BCUT2D eigenvalue weighted by Crippen LogP contribution is 2.42. The van der Waals surface area contributed by atoms with E-state index >= 15 is 0 Å². The molecule has 3 unspecified atom stereocenters. The molecule has 3 aromatic carbocycles. The maximum Gasteiger partial charge on any atom is 0.170 e. The van der Waals surface area contributed by atoms with Gasteiger partial charge in [-0.15, -0.1) is 0 Å². The number of hydrogen-bond donors (Lipinski definition) is 1. The SMILES string of the molecule is Cc1c(F)cccc1C1C(C(=O)c2cccc(O)c2)CN(CCCCN(C)C)CC1C(=O)c1ccccc1F. The molecule has 0 amide bonds. The van der Waals surface area contributed by atoms with E-state index in [-0.39, 0.29) is 17.1 Å². The number of halogens is 2. The Kier molecular flexibility index (Phi) is 9.25. The van der Waals surface area contributed by atoms with Gasteiger partial charge in [0.25, 0.3) is 0 Å². The van der Waals surface area contributed by atoms with Gasteiger partial charge >= 0.3 is 0 Å². The second-order valence-corrected chi connectivity index (χ2v) is 10.7. The van der Waals surface area contributed by atoms with Crippen LogP contribution in [0.25, 0.3) is 0 Å². The molecule has 0 spiro atoms. The highest BCUT2D eigenvalue weighted by Gasteiger charge is 2.45. The van der Waals surface area contributed by atoms with E-state index in [0.29, 0.717) is 36.3 Å². The third kappa shape index (κ3) is 6.60. The number of unbranched alkanes of at least 4 members (excludes halogenated alkanes) is 1. The van der Waals surface area contributed by atoms with E-state index in [4.69, 9.17) is 0 Å². The Morgan fingerprint density at radius 3 is 2.26 bits per heavy atom. The first-order valence-electron chi connectivity index (χ1n) is 13.4. The third-order valence-corrected chi connectivity index (χ3v) is 7.72. The first-order valence-corrected chi connectivity index (χ1v) is 13.4. The molecule has 1 saturated heterocycles. The molecule has 1 aliphatic rings. The molecule has 0 saturated carbocycles. The molecule has 0 radical (unpaired) electrons. The smallest absolute Gasteiger partial charge is 0.170 e. The van der Waals surface area contributed by atoms with Crippen molar-refractivity contribution in [2.75, 3.05) is 40.3 Å². The quantitative estimate of drug-likeness (QED) is 0.266. The molecular weight excluding hydrogens is 498 g/mol. The van der Waals surface area contributed by atoms with E-state index in [0.717, 1.165) is 19.4 Å². The maximum absolute atomic E-state index is 14.9. The number of phenolic OH excluding ortho intramolecular Hbond substituents is 1. The standard InChI is InChI=1S/C32H36F2N2O3/c1-21-24(13-9-15-28(21)33)30-26(31(38)22-10-8-11-23(37)18-22)19-36(17-7-6-16-35(2)3)20-27(30)32(39)25-12-4-5-14-29(25)34/h4-5,8-15,18,26-27,30,37H,6-7,16-17,19-20H2,1-3H3. The summed E-state index contributed by atoms with van der Waals surface area (Å²) < 4.78 is 29.7. The summed E-state index contributed by atoms with van der Waals surface area (Å²) >= 11 is 0. The van der Waals surface area contributed by atoms with Gasteiger partial charge < -0.3 is 14.9 Å². The lowest BCUT2D eigenvalue weighted by Crippen LogP contribution is -2.51. The average Bonchev–Trinajstić information content (AvgIpc) is 2.91. The van der Waals surface area contributed by atoms with E-state index in [9.17, 15) is 23.5 Å². The van der Waals surface area contributed by atoms with Crippen LogP contribution in [0.2, 0.25) is 0 Å². The number of Topliss-reactive ketones (excluding diaryl/α,β-unsaturated/α-hetero) is 2. The van der Waals surface area contributed by atoms with Crippen molar-refractivity contribution < 1.29 is 23.5 Å². The average molecular weight is 535 g/mol. The van der Waals surface area contributed by atoms with Crippen LogP contribution in [0, 0.1) is 30.4 Å². The van der Waals surface area contributed by atoms with E-state index in [1.54, 1.807) is 37.3 Å². The highest BCUT2D eigenvalue weighted by atomic mass is 19.1. The number of phenols is 1.